The number of rotatable bonds is 0. The summed E-state index contributed by atoms with van der Waals surface area (Å²) in [5.74, 6) is 0.158. The van der Waals surface area contributed by atoms with Gasteiger partial charge < -0.3 is 0 Å². The molecule has 0 unspecified atom stereocenters. The molecular formula is C14H12O2. The molecule has 0 atom stereocenters. The quantitative estimate of drug-likeness (QED) is 0.662. The number of benzene rings is 1. The van der Waals surface area contributed by atoms with E-state index in [2.05, 4.69) is 0 Å². The fourth-order valence-electron chi connectivity index (χ4n) is 2.63. The third-order valence-corrected chi connectivity index (χ3v) is 3.48. The van der Waals surface area contributed by atoms with E-state index in [0.717, 1.165) is 11.1 Å². The lowest BCUT2D eigenvalue weighted by atomic mass is 9.84. The molecule has 2 heteroatoms. The molecule has 0 aromatic heterocycles. The van der Waals surface area contributed by atoms with Crippen LogP contribution < -0.4 is 0 Å². The Morgan fingerprint density at radius 2 is 1.69 bits per heavy atom. The molecule has 0 bridgehead atoms. The summed E-state index contributed by atoms with van der Waals surface area (Å²) < 4.78 is 0. The number of fused-ring (bicyclic) bond motifs is 2. The molecule has 0 heterocycles. The van der Waals surface area contributed by atoms with Crippen LogP contribution in [0.4, 0.5) is 0 Å². The molecule has 3 rings (SSSR count). The van der Waals surface area contributed by atoms with Crippen LogP contribution in [-0.4, -0.2) is 11.6 Å². The number of ketones is 2. The Bertz CT molecular complexity index is 562. The zero-order valence-electron chi connectivity index (χ0n) is 9.33. The van der Waals surface area contributed by atoms with Gasteiger partial charge in [-0.3, -0.25) is 9.59 Å². The van der Waals surface area contributed by atoms with E-state index in [1.54, 1.807) is 6.07 Å². The van der Waals surface area contributed by atoms with E-state index >= 15 is 0 Å². The summed E-state index contributed by atoms with van der Waals surface area (Å²) in [7, 11) is 0. The monoisotopic (exact) mass is 212 g/mol. The highest BCUT2D eigenvalue weighted by Crippen LogP contribution is 2.48. The van der Waals surface area contributed by atoms with E-state index in [9.17, 15) is 9.59 Å². The Balaban J connectivity index is 2.25. The van der Waals surface area contributed by atoms with Crippen LogP contribution in [0.1, 0.15) is 36.2 Å². The Morgan fingerprint density at radius 1 is 1.06 bits per heavy atom. The van der Waals surface area contributed by atoms with Crippen molar-refractivity contribution in [3.63, 3.8) is 0 Å². The van der Waals surface area contributed by atoms with Crippen LogP contribution in [0.2, 0.25) is 0 Å². The predicted molar refractivity (Wildman–Crippen MR) is 61.1 cm³/mol. The SMILES string of the molecule is CC1(C)CC2=C(C1=O)c1ccccc1C2=O. The molecule has 16 heavy (non-hydrogen) atoms. The predicted octanol–water partition coefficient (Wildman–Crippen LogP) is 2.64. The third kappa shape index (κ3) is 0.967. The van der Waals surface area contributed by atoms with Crippen LogP contribution in [0.3, 0.4) is 0 Å². The zero-order chi connectivity index (χ0) is 11.5. The van der Waals surface area contributed by atoms with Crippen LogP contribution in [0.5, 0.6) is 0 Å². The number of hydrogen-bond donors (Lipinski definition) is 0. The van der Waals surface area contributed by atoms with Gasteiger partial charge in [0.1, 0.15) is 0 Å². The first-order chi connectivity index (χ1) is 7.52. The minimum Gasteiger partial charge on any atom is -0.294 e. The third-order valence-electron chi connectivity index (χ3n) is 3.48. The maximum Gasteiger partial charge on any atom is 0.190 e. The molecule has 1 aromatic rings. The largest absolute Gasteiger partial charge is 0.294 e. The standard InChI is InChI=1S/C14H12O2/c1-14(2)7-10-11(13(14)16)8-5-3-4-6-9(8)12(10)15/h3-6H,7H2,1-2H3. The van der Waals surface area contributed by atoms with Crippen LogP contribution in [-0.2, 0) is 4.79 Å². The van der Waals surface area contributed by atoms with Crippen LogP contribution >= 0.6 is 0 Å². The van der Waals surface area contributed by atoms with E-state index in [-0.39, 0.29) is 11.6 Å². The fraction of sp³-hybridized carbons (Fsp3) is 0.286. The summed E-state index contributed by atoms with van der Waals surface area (Å²) in [5, 5.41) is 0. The topological polar surface area (TPSA) is 34.1 Å². The molecule has 1 aromatic carbocycles. The average Bonchev–Trinajstić information content (AvgIpc) is 2.64. The Kier molecular flexibility index (Phi) is 1.61. The highest BCUT2D eigenvalue weighted by molar-refractivity contribution is 6.39. The van der Waals surface area contributed by atoms with Gasteiger partial charge in [-0.1, -0.05) is 38.1 Å². The van der Waals surface area contributed by atoms with Crippen LogP contribution in [0.25, 0.3) is 5.57 Å². The molecule has 0 radical (unpaired) electrons. The lowest BCUT2D eigenvalue weighted by Gasteiger charge is -2.17. The summed E-state index contributed by atoms with van der Waals surface area (Å²) in [5.41, 5.74) is 2.50. The van der Waals surface area contributed by atoms with Crippen molar-refractivity contribution < 1.29 is 9.59 Å². The Labute approximate surface area is 94.0 Å². The molecular weight excluding hydrogens is 200 g/mol. The minimum atomic E-state index is -0.409. The van der Waals surface area contributed by atoms with Gasteiger partial charge in [0.25, 0.3) is 0 Å². The maximum absolute atomic E-state index is 12.2. The number of carbonyl (C=O) groups is 2. The molecule has 0 saturated heterocycles. The van der Waals surface area contributed by atoms with E-state index < -0.39 is 5.41 Å². The van der Waals surface area contributed by atoms with Gasteiger partial charge in [0.15, 0.2) is 11.6 Å². The Morgan fingerprint density at radius 3 is 2.38 bits per heavy atom. The molecule has 0 N–H and O–H groups in total. The summed E-state index contributed by atoms with van der Waals surface area (Å²) in [6, 6.07) is 7.39. The molecule has 80 valence electrons. The number of allylic oxidation sites excluding steroid dienone is 2. The second-order valence-electron chi connectivity index (χ2n) is 5.12. The highest BCUT2D eigenvalue weighted by atomic mass is 16.1. The van der Waals surface area contributed by atoms with Gasteiger partial charge in [0, 0.05) is 22.1 Å². The van der Waals surface area contributed by atoms with Crippen molar-refractivity contribution in [2.45, 2.75) is 20.3 Å². The normalized spacial score (nSPS) is 21.4. The molecule has 0 saturated carbocycles. The van der Waals surface area contributed by atoms with Crippen LogP contribution in [0.15, 0.2) is 29.8 Å². The van der Waals surface area contributed by atoms with Gasteiger partial charge in [0.05, 0.1) is 0 Å². The summed E-state index contributed by atoms with van der Waals surface area (Å²) in [4.78, 5) is 24.3. The van der Waals surface area contributed by atoms with Crippen molar-refractivity contribution in [3.05, 3.63) is 41.0 Å². The van der Waals surface area contributed by atoms with Crippen molar-refractivity contribution in [3.8, 4) is 0 Å². The van der Waals surface area contributed by atoms with Crippen LogP contribution in [0, 0.1) is 5.41 Å². The molecule has 2 aliphatic carbocycles. The van der Waals surface area contributed by atoms with Crippen molar-refractivity contribution in [1.29, 1.82) is 0 Å². The van der Waals surface area contributed by atoms with E-state index in [1.807, 2.05) is 32.0 Å². The van der Waals surface area contributed by atoms with Crippen molar-refractivity contribution >= 4 is 17.1 Å². The van der Waals surface area contributed by atoms with Gasteiger partial charge in [0.2, 0.25) is 0 Å². The fourth-order valence-corrected chi connectivity index (χ4v) is 2.63. The highest BCUT2D eigenvalue weighted by Gasteiger charge is 2.46. The first-order valence-electron chi connectivity index (χ1n) is 5.44. The van der Waals surface area contributed by atoms with Gasteiger partial charge in [-0.2, -0.15) is 0 Å². The lowest BCUT2D eigenvalue weighted by molar-refractivity contribution is -0.120. The van der Waals surface area contributed by atoms with Crippen molar-refractivity contribution in [2.24, 2.45) is 5.41 Å². The second-order valence-corrected chi connectivity index (χ2v) is 5.12. The maximum atomic E-state index is 12.2. The molecule has 0 aliphatic heterocycles. The Hall–Kier alpha value is -1.70. The summed E-state index contributed by atoms with van der Waals surface area (Å²) in [6.07, 6.45) is 0.578. The molecule has 2 nitrogen and oxygen atoms in total. The number of Topliss-reactive ketones (excluding diaryl/α,β-unsaturated/α-hetero) is 2. The van der Waals surface area contributed by atoms with E-state index in [4.69, 9.17) is 0 Å². The van der Waals surface area contributed by atoms with Crippen molar-refractivity contribution in [2.75, 3.05) is 0 Å². The van der Waals surface area contributed by atoms with Crippen molar-refractivity contribution in [1.82, 2.24) is 0 Å². The first-order valence-corrected chi connectivity index (χ1v) is 5.44. The lowest BCUT2D eigenvalue weighted by Crippen LogP contribution is -2.20. The number of hydrogen-bond acceptors (Lipinski definition) is 2. The van der Waals surface area contributed by atoms with Gasteiger partial charge in [-0.05, 0) is 12.0 Å². The smallest absolute Gasteiger partial charge is 0.190 e. The van der Waals surface area contributed by atoms with Gasteiger partial charge >= 0.3 is 0 Å². The molecule has 0 fully saturated rings. The zero-order valence-corrected chi connectivity index (χ0v) is 9.33. The second kappa shape index (κ2) is 2.70. The molecule has 0 spiro atoms. The van der Waals surface area contributed by atoms with E-state index in [1.165, 1.54) is 0 Å². The first kappa shape index (κ1) is 9.52. The minimum absolute atomic E-state index is 0.0459. The summed E-state index contributed by atoms with van der Waals surface area (Å²) in [6.45, 7) is 3.81. The average molecular weight is 212 g/mol. The molecule has 2 aliphatic rings. The van der Waals surface area contributed by atoms with E-state index in [0.29, 0.717) is 17.6 Å². The number of carbonyl (C=O) groups excluding carboxylic acids is 2. The molecule has 0 amide bonds. The van der Waals surface area contributed by atoms with Gasteiger partial charge in [-0.25, -0.2) is 0 Å². The van der Waals surface area contributed by atoms with Gasteiger partial charge in [-0.15, -0.1) is 0 Å². The summed E-state index contributed by atoms with van der Waals surface area (Å²) >= 11 is 0.